The SMILES string of the molecule is NC1CCN(c2ccc3ncnc(Nc4ccc(F)c(Cl)c4F)c3n2)C1. The first kappa shape index (κ1) is 16.9. The van der Waals surface area contributed by atoms with Crippen LogP contribution >= 0.6 is 11.6 Å². The summed E-state index contributed by atoms with van der Waals surface area (Å²) in [6.07, 6.45) is 2.25. The molecule has 1 aliphatic heterocycles. The van der Waals surface area contributed by atoms with Crippen LogP contribution in [0.2, 0.25) is 5.02 Å². The van der Waals surface area contributed by atoms with Crippen molar-refractivity contribution in [3.63, 3.8) is 0 Å². The van der Waals surface area contributed by atoms with Crippen molar-refractivity contribution < 1.29 is 8.78 Å². The molecule has 26 heavy (non-hydrogen) atoms. The van der Waals surface area contributed by atoms with Crippen molar-refractivity contribution in [2.45, 2.75) is 12.5 Å². The van der Waals surface area contributed by atoms with Gasteiger partial charge in [-0.15, -0.1) is 0 Å². The smallest absolute Gasteiger partial charge is 0.168 e. The van der Waals surface area contributed by atoms with Crippen LogP contribution < -0.4 is 16.0 Å². The van der Waals surface area contributed by atoms with Crippen LogP contribution in [-0.4, -0.2) is 34.1 Å². The summed E-state index contributed by atoms with van der Waals surface area (Å²) in [6.45, 7) is 1.54. The van der Waals surface area contributed by atoms with E-state index in [2.05, 4.69) is 25.2 Å². The first-order chi connectivity index (χ1) is 12.5. The first-order valence-corrected chi connectivity index (χ1v) is 8.43. The quantitative estimate of drug-likeness (QED) is 0.683. The number of nitrogens with zero attached hydrogens (tertiary/aromatic N) is 4. The van der Waals surface area contributed by atoms with Gasteiger partial charge in [-0.2, -0.15) is 0 Å². The molecule has 134 valence electrons. The monoisotopic (exact) mass is 376 g/mol. The Hall–Kier alpha value is -2.58. The Bertz CT molecular complexity index is 983. The van der Waals surface area contributed by atoms with Crippen molar-refractivity contribution in [1.82, 2.24) is 15.0 Å². The lowest BCUT2D eigenvalue weighted by Crippen LogP contribution is -2.26. The third-order valence-electron chi connectivity index (χ3n) is 4.30. The molecule has 3 N–H and O–H groups in total. The molecule has 1 unspecified atom stereocenters. The molecule has 9 heteroatoms. The molecule has 1 aliphatic rings. The van der Waals surface area contributed by atoms with Crippen molar-refractivity contribution >= 4 is 40.0 Å². The highest BCUT2D eigenvalue weighted by molar-refractivity contribution is 6.31. The number of pyridine rings is 1. The van der Waals surface area contributed by atoms with E-state index in [-0.39, 0.29) is 11.7 Å². The number of nitrogens with one attached hydrogen (secondary N) is 1. The Kier molecular flexibility index (Phi) is 4.29. The fraction of sp³-hybridized carbons (Fsp3) is 0.235. The van der Waals surface area contributed by atoms with Crippen LogP contribution in [0.15, 0.2) is 30.6 Å². The number of aromatic nitrogens is 3. The van der Waals surface area contributed by atoms with Crippen LogP contribution in [0, 0.1) is 11.6 Å². The maximum absolute atomic E-state index is 14.2. The van der Waals surface area contributed by atoms with E-state index in [9.17, 15) is 8.78 Å². The van der Waals surface area contributed by atoms with Gasteiger partial charge < -0.3 is 16.0 Å². The highest BCUT2D eigenvalue weighted by atomic mass is 35.5. The minimum Gasteiger partial charge on any atom is -0.355 e. The molecule has 0 radical (unpaired) electrons. The number of hydrogen-bond acceptors (Lipinski definition) is 6. The van der Waals surface area contributed by atoms with Gasteiger partial charge in [0.1, 0.15) is 28.5 Å². The standard InChI is InChI=1S/C17H15ClF2N6/c18-14-10(19)1-2-11(15(14)20)24-17-16-12(22-8-23-17)3-4-13(25-16)26-6-5-9(21)7-26/h1-4,8-9H,5-7,21H2,(H,22,23,24). The second kappa shape index (κ2) is 6.62. The number of benzene rings is 1. The summed E-state index contributed by atoms with van der Waals surface area (Å²) in [5.74, 6) is -0.657. The number of halogens is 3. The molecule has 3 heterocycles. The lowest BCUT2D eigenvalue weighted by molar-refractivity contribution is 0.587. The van der Waals surface area contributed by atoms with Crippen molar-refractivity contribution in [3.05, 3.63) is 47.2 Å². The molecule has 0 amide bonds. The molecule has 3 aromatic rings. The average Bonchev–Trinajstić information content (AvgIpc) is 3.08. The zero-order chi connectivity index (χ0) is 18.3. The number of anilines is 3. The second-order valence-electron chi connectivity index (χ2n) is 6.10. The van der Waals surface area contributed by atoms with Gasteiger partial charge in [-0.25, -0.2) is 23.7 Å². The molecule has 0 spiro atoms. The van der Waals surface area contributed by atoms with Gasteiger partial charge in [-0.3, -0.25) is 0 Å². The minimum absolute atomic E-state index is 0.00629. The van der Waals surface area contributed by atoms with Crippen LogP contribution in [-0.2, 0) is 0 Å². The largest absolute Gasteiger partial charge is 0.355 e. The van der Waals surface area contributed by atoms with E-state index in [0.29, 0.717) is 16.9 Å². The van der Waals surface area contributed by atoms with Crippen molar-refractivity contribution in [2.24, 2.45) is 5.73 Å². The minimum atomic E-state index is -0.889. The number of nitrogens with two attached hydrogens (primary N) is 1. The van der Waals surface area contributed by atoms with Gasteiger partial charge in [0.15, 0.2) is 11.6 Å². The first-order valence-electron chi connectivity index (χ1n) is 8.06. The fourth-order valence-electron chi connectivity index (χ4n) is 2.94. The normalized spacial score (nSPS) is 17.1. The maximum atomic E-state index is 14.2. The van der Waals surface area contributed by atoms with Crippen LogP contribution in [0.25, 0.3) is 11.0 Å². The van der Waals surface area contributed by atoms with Gasteiger partial charge >= 0.3 is 0 Å². The van der Waals surface area contributed by atoms with E-state index in [1.54, 1.807) is 0 Å². The number of fused-ring (bicyclic) bond motifs is 1. The van der Waals surface area contributed by atoms with Gasteiger partial charge in [0.25, 0.3) is 0 Å². The van der Waals surface area contributed by atoms with Gasteiger partial charge in [-0.05, 0) is 30.7 Å². The topological polar surface area (TPSA) is 80.0 Å². The summed E-state index contributed by atoms with van der Waals surface area (Å²) >= 11 is 5.64. The summed E-state index contributed by atoms with van der Waals surface area (Å²) < 4.78 is 27.6. The van der Waals surface area contributed by atoms with E-state index >= 15 is 0 Å². The van der Waals surface area contributed by atoms with E-state index in [0.717, 1.165) is 31.4 Å². The lowest BCUT2D eigenvalue weighted by atomic mass is 10.2. The Labute approximate surface area is 153 Å². The van der Waals surface area contributed by atoms with Gasteiger partial charge in [0, 0.05) is 19.1 Å². The molecule has 6 nitrogen and oxygen atoms in total. The fourth-order valence-corrected chi connectivity index (χ4v) is 3.11. The maximum Gasteiger partial charge on any atom is 0.168 e. The number of rotatable bonds is 3. The predicted octanol–water partition coefficient (Wildman–Crippen LogP) is 3.24. The molecule has 2 aromatic heterocycles. The highest BCUT2D eigenvalue weighted by Gasteiger charge is 2.21. The van der Waals surface area contributed by atoms with Crippen LogP contribution in [0.5, 0.6) is 0 Å². The van der Waals surface area contributed by atoms with Crippen LogP contribution in [0.3, 0.4) is 0 Å². The zero-order valence-corrected chi connectivity index (χ0v) is 14.3. The lowest BCUT2D eigenvalue weighted by Gasteiger charge is -2.17. The van der Waals surface area contributed by atoms with E-state index in [1.807, 2.05) is 12.1 Å². The Balaban J connectivity index is 1.74. The van der Waals surface area contributed by atoms with Gasteiger partial charge in [-0.1, -0.05) is 11.6 Å². The molecule has 0 bridgehead atoms. The molecule has 0 aliphatic carbocycles. The molecule has 0 saturated carbocycles. The third kappa shape index (κ3) is 3.02. The summed E-state index contributed by atoms with van der Waals surface area (Å²) in [7, 11) is 0. The van der Waals surface area contributed by atoms with Crippen molar-refractivity contribution in [2.75, 3.05) is 23.3 Å². The van der Waals surface area contributed by atoms with Crippen LogP contribution in [0.4, 0.5) is 26.1 Å². The average molecular weight is 377 g/mol. The molecule has 4 rings (SSSR count). The van der Waals surface area contributed by atoms with Crippen molar-refractivity contribution in [3.8, 4) is 0 Å². The molecule has 1 fully saturated rings. The Morgan fingerprint density at radius 2 is 2.04 bits per heavy atom. The number of hydrogen-bond donors (Lipinski definition) is 2. The molecule has 1 aromatic carbocycles. The second-order valence-corrected chi connectivity index (χ2v) is 6.48. The summed E-state index contributed by atoms with van der Waals surface area (Å²) in [4.78, 5) is 15.0. The van der Waals surface area contributed by atoms with E-state index in [4.69, 9.17) is 17.3 Å². The predicted molar refractivity (Wildman–Crippen MR) is 96.8 cm³/mol. The molecular formula is C17H15ClF2N6. The summed E-state index contributed by atoms with van der Waals surface area (Å²) in [5.41, 5.74) is 7.04. The summed E-state index contributed by atoms with van der Waals surface area (Å²) in [5, 5.41) is 2.25. The zero-order valence-electron chi connectivity index (χ0n) is 13.6. The molecule has 1 atom stereocenters. The Morgan fingerprint density at radius 3 is 2.81 bits per heavy atom. The van der Waals surface area contributed by atoms with E-state index in [1.165, 1.54) is 12.4 Å². The van der Waals surface area contributed by atoms with Gasteiger partial charge in [0.05, 0.1) is 11.2 Å². The van der Waals surface area contributed by atoms with E-state index < -0.39 is 16.7 Å². The molecular weight excluding hydrogens is 362 g/mol. The van der Waals surface area contributed by atoms with Gasteiger partial charge in [0.2, 0.25) is 0 Å². The highest BCUT2D eigenvalue weighted by Crippen LogP contribution is 2.30. The van der Waals surface area contributed by atoms with Crippen LogP contribution in [0.1, 0.15) is 6.42 Å². The third-order valence-corrected chi connectivity index (χ3v) is 4.65. The summed E-state index contributed by atoms with van der Waals surface area (Å²) in [6, 6.07) is 6.15. The van der Waals surface area contributed by atoms with Crippen molar-refractivity contribution in [1.29, 1.82) is 0 Å². The Morgan fingerprint density at radius 1 is 1.19 bits per heavy atom. The molecule has 1 saturated heterocycles.